The number of rotatable bonds is 5. The summed E-state index contributed by atoms with van der Waals surface area (Å²) in [4.78, 5) is 4.27. The number of nitrogens with one attached hydrogen (secondary N) is 1. The Hall–Kier alpha value is -1.29. The van der Waals surface area contributed by atoms with Crippen molar-refractivity contribution in [3.63, 3.8) is 0 Å². The maximum atomic E-state index is 5.51. The minimum Gasteiger partial charge on any atom is -0.493 e. The van der Waals surface area contributed by atoms with E-state index in [1.807, 2.05) is 19.1 Å². The summed E-state index contributed by atoms with van der Waals surface area (Å²) < 4.78 is 10.7. The number of hydrogen-bond acceptors (Lipinski definition) is 4. The summed E-state index contributed by atoms with van der Waals surface area (Å²) in [6.45, 7) is 2.83. The van der Waals surface area contributed by atoms with Crippen LogP contribution in [0.25, 0.3) is 0 Å². The minimum atomic E-state index is 0.414. The number of hydrogen-bond donors (Lipinski definition) is 1. The van der Waals surface area contributed by atoms with Crippen molar-refractivity contribution in [2.75, 3.05) is 19.0 Å². The average Bonchev–Trinajstić information content (AvgIpc) is 2.27. The second-order valence-electron chi connectivity index (χ2n) is 3.94. The Bertz CT molecular complexity index is 338. The lowest BCUT2D eigenvalue weighted by molar-refractivity contribution is 0.00288. The van der Waals surface area contributed by atoms with Gasteiger partial charge in [0.1, 0.15) is 0 Å². The molecule has 1 aromatic rings. The van der Waals surface area contributed by atoms with Gasteiger partial charge in [-0.3, -0.25) is 0 Å². The van der Waals surface area contributed by atoms with Gasteiger partial charge in [0.2, 0.25) is 0 Å². The van der Waals surface area contributed by atoms with Crippen molar-refractivity contribution in [1.29, 1.82) is 0 Å². The normalized spacial score (nSPS) is 23.6. The third-order valence-corrected chi connectivity index (χ3v) is 2.83. The summed E-state index contributed by atoms with van der Waals surface area (Å²) in [6.07, 6.45) is 4.28. The molecular formula is C12H18N2O2. The summed E-state index contributed by atoms with van der Waals surface area (Å²) in [7, 11) is 1.66. The van der Waals surface area contributed by atoms with Crippen molar-refractivity contribution in [2.24, 2.45) is 0 Å². The van der Waals surface area contributed by atoms with Crippen LogP contribution in [-0.2, 0) is 4.74 Å². The molecule has 0 amide bonds. The van der Waals surface area contributed by atoms with Crippen LogP contribution >= 0.6 is 0 Å². The molecule has 0 bridgehead atoms. The topological polar surface area (TPSA) is 43.4 Å². The van der Waals surface area contributed by atoms with Gasteiger partial charge in [-0.25, -0.2) is 4.98 Å². The highest BCUT2D eigenvalue weighted by Gasteiger charge is 2.30. The van der Waals surface area contributed by atoms with Crippen molar-refractivity contribution in [2.45, 2.75) is 31.9 Å². The first kappa shape index (κ1) is 11.2. The van der Waals surface area contributed by atoms with Crippen molar-refractivity contribution in [3.05, 3.63) is 18.3 Å². The maximum Gasteiger partial charge on any atom is 0.168 e. The lowest BCUT2D eigenvalue weighted by Gasteiger charge is -2.35. The van der Waals surface area contributed by atoms with Crippen LogP contribution in [0.1, 0.15) is 19.8 Å². The third kappa shape index (κ3) is 2.44. The largest absolute Gasteiger partial charge is 0.493 e. The molecule has 1 N–H and O–H groups in total. The van der Waals surface area contributed by atoms with E-state index in [0.29, 0.717) is 12.1 Å². The van der Waals surface area contributed by atoms with Crippen LogP contribution in [0.3, 0.4) is 0 Å². The van der Waals surface area contributed by atoms with Gasteiger partial charge >= 0.3 is 0 Å². The van der Waals surface area contributed by atoms with Gasteiger partial charge < -0.3 is 14.8 Å². The SMILES string of the molecule is CCOC1CC(Nc2ncccc2OC)C1. The molecule has 1 aliphatic carbocycles. The zero-order valence-corrected chi connectivity index (χ0v) is 9.77. The third-order valence-electron chi connectivity index (χ3n) is 2.83. The number of aromatic nitrogens is 1. The monoisotopic (exact) mass is 222 g/mol. The first-order valence-corrected chi connectivity index (χ1v) is 5.70. The predicted molar refractivity (Wildman–Crippen MR) is 62.8 cm³/mol. The van der Waals surface area contributed by atoms with Gasteiger partial charge in [-0.2, -0.15) is 0 Å². The molecule has 0 aromatic carbocycles. The fraction of sp³-hybridized carbons (Fsp3) is 0.583. The van der Waals surface area contributed by atoms with Gasteiger partial charge in [-0.05, 0) is 31.9 Å². The lowest BCUT2D eigenvalue weighted by atomic mass is 9.89. The molecule has 1 fully saturated rings. The fourth-order valence-electron chi connectivity index (χ4n) is 1.91. The Labute approximate surface area is 96.0 Å². The van der Waals surface area contributed by atoms with Crippen LogP contribution < -0.4 is 10.1 Å². The average molecular weight is 222 g/mol. The molecular weight excluding hydrogens is 204 g/mol. The Morgan fingerprint density at radius 3 is 3.00 bits per heavy atom. The van der Waals surface area contributed by atoms with Gasteiger partial charge in [0.25, 0.3) is 0 Å². The molecule has 0 radical (unpaired) electrons. The van der Waals surface area contributed by atoms with E-state index in [9.17, 15) is 0 Å². The fourth-order valence-corrected chi connectivity index (χ4v) is 1.91. The number of nitrogens with zero attached hydrogens (tertiary/aromatic N) is 1. The van der Waals surface area contributed by atoms with Gasteiger partial charge in [0, 0.05) is 18.8 Å². The first-order valence-electron chi connectivity index (χ1n) is 5.70. The molecule has 88 valence electrons. The molecule has 4 nitrogen and oxygen atoms in total. The maximum absolute atomic E-state index is 5.51. The zero-order valence-electron chi connectivity index (χ0n) is 9.77. The number of ether oxygens (including phenoxy) is 2. The molecule has 4 heteroatoms. The molecule has 16 heavy (non-hydrogen) atoms. The van der Waals surface area contributed by atoms with Gasteiger partial charge in [-0.1, -0.05) is 0 Å². The molecule has 1 heterocycles. The quantitative estimate of drug-likeness (QED) is 0.828. The summed E-state index contributed by atoms with van der Waals surface area (Å²) >= 11 is 0. The smallest absolute Gasteiger partial charge is 0.168 e. The Morgan fingerprint density at radius 2 is 2.31 bits per heavy atom. The summed E-state index contributed by atoms with van der Waals surface area (Å²) in [6, 6.07) is 4.24. The summed E-state index contributed by atoms with van der Waals surface area (Å²) in [5.41, 5.74) is 0. The molecule has 0 aliphatic heterocycles. The van der Waals surface area contributed by atoms with Crippen LogP contribution in [-0.4, -0.2) is 30.8 Å². The highest BCUT2D eigenvalue weighted by atomic mass is 16.5. The van der Waals surface area contributed by atoms with E-state index in [2.05, 4.69) is 10.3 Å². The Balaban J connectivity index is 1.86. The predicted octanol–water partition coefficient (Wildman–Crippen LogP) is 2.07. The van der Waals surface area contributed by atoms with E-state index >= 15 is 0 Å². The Kier molecular flexibility index (Phi) is 3.62. The van der Waals surface area contributed by atoms with E-state index in [4.69, 9.17) is 9.47 Å². The van der Waals surface area contributed by atoms with Crippen LogP contribution in [0, 0.1) is 0 Å². The number of methoxy groups -OCH3 is 1. The van der Waals surface area contributed by atoms with Crippen LogP contribution in [0.15, 0.2) is 18.3 Å². The van der Waals surface area contributed by atoms with Gasteiger partial charge in [-0.15, -0.1) is 0 Å². The first-order chi connectivity index (χ1) is 7.83. The van der Waals surface area contributed by atoms with Crippen molar-refractivity contribution < 1.29 is 9.47 Å². The minimum absolute atomic E-state index is 0.414. The van der Waals surface area contributed by atoms with Gasteiger partial charge in [0.15, 0.2) is 11.6 Å². The highest BCUT2D eigenvalue weighted by molar-refractivity contribution is 5.50. The molecule has 0 saturated heterocycles. The van der Waals surface area contributed by atoms with E-state index in [1.54, 1.807) is 13.3 Å². The molecule has 0 spiro atoms. The van der Waals surface area contributed by atoms with E-state index < -0.39 is 0 Å². The van der Waals surface area contributed by atoms with Crippen LogP contribution in [0.5, 0.6) is 5.75 Å². The molecule has 0 unspecified atom stereocenters. The lowest BCUT2D eigenvalue weighted by Crippen LogP contribution is -2.41. The van der Waals surface area contributed by atoms with Crippen LogP contribution in [0.2, 0.25) is 0 Å². The number of anilines is 1. The second kappa shape index (κ2) is 5.16. The van der Waals surface area contributed by atoms with E-state index in [0.717, 1.165) is 31.0 Å². The van der Waals surface area contributed by atoms with Gasteiger partial charge in [0.05, 0.1) is 13.2 Å². The summed E-state index contributed by atoms with van der Waals surface area (Å²) in [5.74, 6) is 1.62. The number of pyridine rings is 1. The molecule has 1 aromatic heterocycles. The highest BCUT2D eigenvalue weighted by Crippen LogP contribution is 2.29. The van der Waals surface area contributed by atoms with E-state index in [1.165, 1.54) is 0 Å². The Morgan fingerprint density at radius 1 is 1.50 bits per heavy atom. The molecule has 0 atom stereocenters. The van der Waals surface area contributed by atoms with Crippen molar-refractivity contribution >= 4 is 5.82 Å². The second-order valence-corrected chi connectivity index (χ2v) is 3.94. The van der Waals surface area contributed by atoms with Crippen LogP contribution in [0.4, 0.5) is 5.82 Å². The molecule has 1 aliphatic rings. The zero-order chi connectivity index (χ0) is 11.4. The molecule has 2 rings (SSSR count). The van der Waals surface area contributed by atoms with E-state index in [-0.39, 0.29) is 0 Å². The molecule has 1 saturated carbocycles. The van der Waals surface area contributed by atoms with Crippen molar-refractivity contribution in [3.8, 4) is 5.75 Å². The standard InChI is InChI=1S/C12H18N2O2/c1-3-16-10-7-9(8-10)14-12-11(15-2)5-4-6-13-12/h4-6,9-10H,3,7-8H2,1-2H3,(H,13,14). The summed E-state index contributed by atoms with van der Waals surface area (Å²) in [5, 5.41) is 3.37. The van der Waals surface area contributed by atoms with Crippen molar-refractivity contribution in [1.82, 2.24) is 4.98 Å².